The SMILES string of the molecule is O=C(Nc1sc2c(c1-c1nc3ccccc3s1)CCCC2)c1ccc2c(c1)OCCO2. The van der Waals surface area contributed by atoms with Crippen molar-refractivity contribution < 1.29 is 14.3 Å². The fourth-order valence-corrected chi connectivity index (χ4v) is 6.61. The minimum Gasteiger partial charge on any atom is -0.486 e. The lowest BCUT2D eigenvalue weighted by Gasteiger charge is -2.18. The third-order valence-electron chi connectivity index (χ3n) is 5.71. The van der Waals surface area contributed by atoms with Crippen LogP contribution in [0.4, 0.5) is 5.00 Å². The minimum absolute atomic E-state index is 0.141. The first-order valence-corrected chi connectivity index (χ1v) is 12.1. The molecule has 0 saturated carbocycles. The van der Waals surface area contributed by atoms with Crippen molar-refractivity contribution in [2.24, 2.45) is 0 Å². The van der Waals surface area contributed by atoms with Gasteiger partial charge in [-0.3, -0.25) is 4.79 Å². The molecule has 4 aromatic rings. The lowest BCUT2D eigenvalue weighted by atomic mass is 9.95. The van der Waals surface area contributed by atoms with Crippen molar-refractivity contribution in [1.29, 1.82) is 0 Å². The Bertz CT molecular complexity index is 1270. The van der Waals surface area contributed by atoms with Crippen LogP contribution in [0.25, 0.3) is 20.8 Å². The number of fused-ring (bicyclic) bond motifs is 3. The van der Waals surface area contributed by atoms with Crippen molar-refractivity contribution in [3.63, 3.8) is 0 Å². The van der Waals surface area contributed by atoms with Gasteiger partial charge in [0.05, 0.1) is 10.2 Å². The Kier molecular flexibility index (Phi) is 4.65. The average molecular weight is 449 g/mol. The first-order valence-electron chi connectivity index (χ1n) is 10.5. The summed E-state index contributed by atoms with van der Waals surface area (Å²) in [5.41, 5.74) is 4.02. The molecular weight excluding hydrogens is 428 g/mol. The Morgan fingerprint density at radius 1 is 0.968 bits per heavy atom. The molecule has 0 fully saturated rings. The highest BCUT2D eigenvalue weighted by atomic mass is 32.1. The number of carbonyl (C=O) groups is 1. The lowest BCUT2D eigenvalue weighted by Crippen LogP contribution is -2.17. The molecule has 2 aromatic heterocycles. The molecule has 156 valence electrons. The largest absolute Gasteiger partial charge is 0.486 e. The number of carbonyl (C=O) groups excluding carboxylic acids is 1. The number of thiophene rings is 1. The van der Waals surface area contributed by atoms with Gasteiger partial charge in [-0.15, -0.1) is 22.7 Å². The van der Waals surface area contributed by atoms with Gasteiger partial charge in [0.15, 0.2) is 11.5 Å². The van der Waals surface area contributed by atoms with Crippen LogP contribution in [0.5, 0.6) is 11.5 Å². The van der Waals surface area contributed by atoms with Crippen LogP contribution in [0, 0.1) is 0 Å². The molecule has 5 nitrogen and oxygen atoms in total. The van der Waals surface area contributed by atoms with E-state index in [-0.39, 0.29) is 5.91 Å². The molecular formula is C24H20N2O3S2. The Hall–Kier alpha value is -2.90. The van der Waals surface area contributed by atoms with Crippen LogP contribution in [0.15, 0.2) is 42.5 Å². The Morgan fingerprint density at radius 2 is 1.81 bits per heavy atom. The summed E-state index contributed by atoms with van der Waals surface area (Å²) in [6.07, 6.45) is 4.48. The number of hydrogen-bond acceptors (Lipinski definition) is 6. The maximum atomic E-state index is 13.2. The summed E-state index contributed by atoms with van der Waals surface area (Å²) in [7, 11) is 0. The molecule has 0 saturated heterocycles. The number of benzene rings is 2. The predicted octanol–water partition coefficient (Wildman–Crippen LogP) is 5.93. The van der Waals surface area contributed by atoms with E-state index in [9.17, 15) is 4.79 Å². The zero-order valence-corrected chi connectivity index (χ0v) is 18.4. The molecule has 0 atom stereocenters. The molecule has 1 N–H and O–H groups in total. The second-order valence-corrected chi connectivity index (χ2v) is 9.85. The van der Waals surface area contributed by atoms with Crippen molar-refractivity contribution in [2.75, 3.05) is 18.5 Å². The molecule has 2 aliphatic rings. The molecule has 7 heteroatoms. The van der Waals surface area contributed by atoms with E-state index in [1.807, 2.05) is 18.2 Å². The fraction of sp³-hybridized carbons (Fsp3) is 0.250. The zero-order valence-electron chi connectivity index (χ0n) is 16.8. The highest BCUT2D eigenvalue weighted by Gasteiger charge is 2.26. The number of ether oxygens (including phenoxy) is 2. The summed E-state index contributed by atoms with van der Waals surface area (Å²) < 4.78 is 12.4. The van der Waals surface area contributed by atoms with Gasteiger partial charge >= 0.3 is 0 Å². The van der Waals surface area contributed by atoms with Gasteiger partial charge < -0.3 is 14.8 Å². The zero-order chi connectivity index (χ0) is 20.8. The van der Waals surface area contributed by atoms with Gasteiger partial charge in [-0.2, -0.15) is 0 Å². The third-order valence-corrected chi connectivity index (χ3v) is 7.97. The second-order valence-electron chi connectivity index (χ2n) is 7.71. The van der Waals surface area contributed by atoms with Crippen LogP contribution < -0.4 is 14.8 Å². The molecule has 31 heavy (non-hydrogen) atoms. The van der Waals surface area contributed by atoms with E-state index in [0.29, 0.717) is 30.3 Å². The Balaban J connectivity index is 1.39. The molecule has 0 radical (unpaired) electrons. The third kappa shape index (κ3) is 3.38. The van der Waals surface area contributed by atoms with Crippen molar-refractivity contribution in [1.82, 2.24) is 4.98 Å². The summed E-state index contributed by atoms with van der Waals surface area (Å²) >= 11 is 3.39. The number of amides is 1. The van der Waals surface area contributed by atoms with E-state index in [2.05, 4.69) is 11.4 Å². The maximum Gasteiger partial charge on any atom is 0.256 e. The maximum absolute atomic E-state index is 13.2. The fourth-order valence-electron chi connectivity index (χ4n) is 4.22. The van der Waals surface area contributed by atoms with Gasteiger partial charge in [0, 0.05) is 16.0 Å². The average Bonchev–Trinajstić information content (AvgIpc) is 3.39. The molecule has 0 bridgehead atoms. The number of thiazole rings is 1. The van der Waals surface area contributed by atoms with Crippen LogP contribution in [-0.4, -0.2) is 24.1 Å². The number of aryl methyl sites for hydroxylation is 1. The Morgan fingerprint density at radius 3 is 2.71 bits per heavy atom. The van der Waals surface area contributed by atoms with E-state index < -0.39 is 0 Å². The highest BCUT2D eigenvalue weighted by Crippen LogP contribution is 2.46. The number of para-hydroxylation sites is 1. The molecule has 0 unspecified atom stereocenters. The monoisotopic (exact) mass is 448 g/mol. The Labute approximate surface area is 187 Å². The van der Waals surface area contributed by atoms with Crippen LogP contribution >= 0.6 is 22.7 Å². The van der Waals surface area contributed by atoms with Gasteiger partial charge in [0.25, 0.3) is 5.91 Å². The summed E-state index contributed by atoms with van der Waals surface area (Å²) in [6.45, 7) is 1.03. The van der Waals surface area contributed by atoms with Crippen molar-refractivity contribution >= 4 is 43.8 Å². The smallest absolute Gasteiger partial charge is 0.256 e. The first kappa shape index (κ1) is 18.8. The van der Waals surface area contributed by atoms with E-state index >= 15 is 0 Å². The van der Waals surface area contributed by atoms with Gasteiger partial charge in [-0.05, 0) is 61.6 Å². The van der Waals surface area contributed by atoms with E-state index in [4.69, 9.17) is 14.5 Å². The van der Waals surface area contributed by atoms with Gasteiger partial charge in [0.2, 0.25) is 0 Å². The van der Waals surface area contributed by atoms with Crippen LogP contribution in [-0.2, 0) is 12.8 Å². The molecule has 0 spiro atoms. The van der Waals surface area contributed by atoms with Gasteiger partial charge in [0.1, 0.15) is 23.2 Å². The number of hydrogen-bond donors (Lipinski definition) is 1. The molecule has 1 amide bonds. The quantitative estimate of drug-likeness (QED) is 0.422. The van der Waals surface area contributed by atoms with Crippen LogP contribution in [0.2, 0.25) is 0 Å². The molecule has 2 aromatic carbocycles. The van der Waals surface area contributed by atoms with Gasteiger partial charge in [-0.25, -0.2) is 4.98 Å². The first-order chi connectivity index (χ1) is 15.3. The van der Waals surface area contributed by atoms with E-state index in [0.717, 1.165) is 38.6 Å². The summed E-state index contributed by atoms with van der Waals surface area (Å²) in [6, 6.07) is 13.5. The standard InChI is InChI=1S/C24H20N2O3S2/c27-22(14-9-10-17-18(13-14)29-12-11-28-17)26-24-21(15-5-1-3-7-19(15)30-24)23-25-16-6-2-4-8-20(16)31-23/h2,4,6,8-10,13H,1,3,5,7,11-12H2,(H,26,27). The van der Waals surface area contributed by atoms with Gasteiger partial charge in [-0.1, -0.05) is 12.1 Å². The number of nitrogens with zero attached hydrogens (tertiary/aromatic N) is 1. The number of rotatable bonds is 3. The summed E-state index contributed by atoms with van der Waals surface area (Å²) in [4.78, 5) is 19.4. The van der Waals surface area contributed by atoms with Crippen LogP contribution in [0.1, 0.15) is 33.6 Å². The highest BCUT2D eigenvalue weighted by molar-refractivity contribution is 7.23. The number of nitrogens with one attached hydrogen (secondary N) is 1. The molecule has 1 aliphatic carbocycles. The summed E-state index contributed by atoms with van der Waals surface area (Å²) in [5.74, 6) is 1.17. The van der Waals surface area contributed by atoms with Crippen LogP contribution in [0.3, 0.4) is 0 Å². The predicted molar refractivity (Wildman–Crippen MR) is 125 cm³/mol. The lowest BCUT2D eigenvalue weighted by molar-refractivity contribution is 0.102. The van der Waals surface area contributed by atoms with Crippen molar-refractivity contribution in [2.45, 2.75) is 25.7 Å². The summed E-state index contributed by atoms with van der Waals surface area (Å²) in [5, 5.41) is 5.06. The number of anilines is 1. The number of aromatic nitrogens is 1. The van der Waals surface area contributed by atoms with E-state index in [1.54, 1.807) is 40.9 Å². The van der Waals surface area contributed by atoms with Crippen molar-refractivity contribution in [3.8, 4) is 22.1 Å². The topological polar surface area (TPSA) is 60.5 Å². The molecule has 1 aliphatic heterocycles. The second kappa shape index (κ2) is 7.66. The van der Waals surface area contributed by atoms with Crippen molar-refractivity contribution in [3.05, 3.63) is 58.5 Å². The molecule has 3 heterocycles. The van der Waals surface area contributed by atoms with E-state index in [1.165, 1.54) is 23.3 Å². The molecule has 6 rings (SSSR count). The normalized spacial score (nSPS) is 15.0. The minimum atomic E-state index is -0.141.